The van der Waals surface area contributed by atoms with Gasteiger partial charge in [-0.1, -0.05) is 12.1 Å². The van der Waals surface area contributed by atoms with Crippen molar-refractivity contribution >= 4 is 15.7 Å². The highest BCUT2D eigenvalue weighted by Gasteiger charge is 2.21. The molecule has 1 N–H and O–H groups in total. The molecule has 1 unspecified atom stereocenters. The van der Waals surface area contributed by atoms with Gasteiger partial charge in [-0.25, -0.2) is 8.42 Å². The maximum atomic E-state index is 11.6. The van der Waals surface area contributed by atoms with Crippen LogP contribution in [0.25, 0.3) is 0 Å². The molecule has 0 aromatic heterocycles. The van der Waals surface area contributed by atoms with Crippen molar-refractivity contribution in [2.75, 3.05) is 11.8 Å². The third-order valence-electron chi connectivity index (χ3n) is 2.01. The number of hydrogen-bond donors (Lipinski definition) is 1. The highest BCUT2D eigenvalue weighted by molar-refractivity contribution is 7.93. The number of anilines is 1. The molecular formula is C10H12N2O3S. The molecule has 0 aliphatic heterocycles. The van der Waals surface area contributed by atoms with Crippen LogP contribution in [-0.2, 0) is 10.0 Å². The molecule has 0 spiro atoms. The van der Waals surface area contributed by atoms with Crippen molar-refractivity contribution in [2.24, 2.45) is 0 Å². The van der Waals surface area contributed by atoms with Crippen LogP contribution < -0.4 is 9.46 Å². The Morgan fingerprint density at radius 1 is 1.44 bits per heavy atom. The summed E-state index contributed by atoms with van der Waals surface area (Å²) in [6, 6.07) is 8.28. The van der Waals surface area contributed by atoms with Crippen molar-refractivity contribution in [1.82, 2.24) is 0 Å². The Bertz CT molecular complexity index is 505. The molecule has 1 atom stereocenters. The molecule has 0 saturated heterocycles. The Morgan fingerprint density at radius 3 is 2.62 bits per heavy atom. The molecular weight excluding hydrogens is 228 g/mol. The maximum Gasteiger partial charge on any atom is 0.248 e. The summed E-state index contributed by atoms with van der Waals surface area (Å²) >= 11 is 0. The number of para-hydroxylation sites is 2. The third-order valence-corrected chi connectivity index (χ3v) is 3.55. The van der Waals surface area contributed by atoms with Crippen LogP contribution in [0.2, 0.25) is 0 Å². The van der Waals surface area contributed by atoms with Gasteiger partial charge in [-0.05, 0) is 19.1 Å². The van der Waals surface area contributed by atoms with E-state index in [0.717, 1.165) is 0 Å². The molecule has 1 aromatic carbocycles. The minimum atomic E-state index is -3.69. The smallest absolute Gasteiger partial charge is 0.248 e. The summed E-state index contributed by atoms with van der Waals surface area (Å²) in [6.07, 6.45) is 0. The third kappa shape index (κ3) is 2.64. The number of nitrogens with one attached hydrogen (secondary N) is 1. The topological polar surface area (TPSA) is 79.2 Å². The van der Waals surface area contributed by atoms with Crippen LogP contribution in [0.3, 0.4) is 0 Å². The van der Waals surface area contributed by atoms with Crippen molar-refractivity contribution < 1.29 is 13.2 Å². The Morgan fingerprint density at radius 2 is 2.06 bits per heavy atom. The Labute approximate surface area is 94.7 Å². The first-order chi connectivity index (χ1) is 7.51. The normalized spacial score (nSPS) is 12.6. The molecule has 0 saturated carbocycles. The first kappa shape index (κ1) is 12.3. The summed E-state index contributed by atoms with van der Waals surface area (Å²) in [5.74, 6) is 0.413. The van der Waals surface area contributed by atoms with E-state index in [0.29, 0.717) is 11.4 Å². The first-order valence-corrected chi connectivity index (χ1v) is 6.10. The zero-order valence-corrected chi connectivity index (χ0v) is 9.78. The second-order valence-corrected chi connectivity index (χ2v) is 5.12. The molecule has 1 aromatic rings. The van der Waals surface area contributed by atoms with E-state index in [2.05, 4.69) is 4.72 Å². The molecule has 0 fully saturated rings. The van der Waals surface area contributed by atoms with Gasteiger partial charge >= 0.3 is 0 Å². The van der Waals surface area contributed by atoms with Gasteiger partial charge in [0.1, 0.15) is 5.75 Å². The molecule has 0 radical (unpaired) electrons. The van der Waals surface area contributed by atoms with E-state index < -0.39 is 15.3 Å². The van der Waals surface area contributed by atoms with Crippen molar-refractivity contribution in [1.29, 1.82) is 5.26 Å². The minimum Gasteiger partial charge on any atom is -0.495 e. The average Bonchev–Trinajstić information content (AvgIpc) is 2.28. The summed E-state index contributed by atoms with van der Waals surface area (Å²) in [7, 11) is -2.24. The van der Waals surface area contributed by atoms with Crippen molar-refractivity contribution in [3.8, 4) is 11.8 Å². The summed E-state index contributed by atoms with van der Waals surface area (Å²) < 4.78 is 30.5. The fourth-order valence-corrected chi connectivity index (χ4v) is 1.83. The minimum absolute atomic E-state index is 0.326. The zero-order valence-electron chi connectivity index (χ0n) is 8.97. The Hall–Kier alpha value is -1.74. The molecule has 5 nitrogen and oxygen atoms in total. The quantitative estimate of drug-likeness (QED) is 0.861. The van der Waals surface area contributed by atoms with Gasteiger partial charge in [0.25, 0.3) is 0 Å². The van der Waals surface area contributed by atoms with Gasteiger partial charge in [-0.3, -0.25) is 4.72 Å². The van der Waals surface area contributed by atoms with Gasteiger partial charge in [-0.15, -0.1) is 0 Å². The Kier molecular flexibility index (Phi) is 3.74. The van der Waals surface area contributed by atoms with Crippen LogP contribution in [0.4, 0.5) is 5.69 Å². The molecule has 0 bridgehead atoms. The largest absolute Gasteiger partial charge is 0.495 e. The molecule has 0 heterocycles. The SMILES string of the molecule is COc1ccccc1NS(=O)(=O)C(C)C#N. The van der Waals surface area contributed by atoms with Gasteiger partial charge in [-0.2, -0.15) is 5.26 Å². The number of methoxy groups -OCH3 is 1. The monoisotopic (exact) mass is 240 g/mol. The van der Waals surface area contributed by atoms with Crippen LogP contribution in [0.5, 0.6) is 5.75 Å². The van der Waals surface area contributed by atoms with Gasteiger partial charge in [0.15, 0.2) is 5.25 Å². The lowest BCUT2D eigenvalue weighted by Gasteiger charge is -2.12. The predicted octanol–water partition coefficient (Wildman–Crippen LogP) is 1.35. The van der Waals surface area contributed by atoms with Crippen LogP contribution in [0.15, 0.2) is 24.3 Å². The standard InChI is InChI=1S/C10H12N2O3S/c1-8(7-11)16(13,14)12-9-5-3-4-6-10(9)15-2/h3-6,8,12H,1-2H3. The molecule has 16 heavy (non-hydrogen) atoms. The molecule has 6 heteroatoms. The van der Waals surface area contributed by atoms with E-state index in [1.54, 1.807) is 30.3 Å². The summed E-state index contributed by atoms with van der Waals surface area (Å²) in [4.78, 5) is 0. The average molecular weight is 240 g/mol. The highest BCUT2D eigenvalue weighted by atomic mass is 32.2. The summed E-state index contributed by atoms with van der Waals surface area (Å²) in [5, 5.41) is 7.46. The van der Waals surface area contributed by atoms with Crippen molar-refractivity contribution in [3.05, 3.63) is 24.3 Å². The Balaban J connectivity index is 3.02. The van der Waals surface area contributed by atoms with Crippen LogP contribution in [0.1, 0.15) is 6.92 Å². The molecule has 0 aliphatic rings. The number of hydrogen-bond acceptors (Lipinski definition) is 4. The number of nitrogens with zero attached hydrogens (tertiary/aromatic N) is 1. The number of rotatable bonds is 4. The van der Waals surface area contributed by atoms with Crippen molar-refractivity contribution in [3.63, 3.8) is 0 Å². The first-order valence-electron chi connectivity index (χ1n) is 4.55. The van der Waals surface area contributed by atoms with E-state index in [9.17, 15) is 8.42 Å². The van der Waals surface area contributed by atoms with E-state index in [1.165, 1.54) is 14.0 Å². The van der Waals surface area contributed by atoms with Crippen LogP contribution in [0, 0.1) is 11.3 Å². The molecule has 0 aliphatic carbocycles. The molecule has 0 amide bonds. The summed E-state index contributed by atoms with van der Waals surface area (Å²) in [5.41, 5.74) is 0.326. The number of ether oxygens (including phenoxy) is 1. The zero-order chi connectivity index (χ0) is 12.2. The van der Waals surface area contributed by atoms with E-state index in [4.69, 9.17) is 10.00 Å². The molecule has 86 valence electrons. The van der Waals surface area contributed by atoms with E-state index in [-0.39, 0.29) is 0 Å². The van der Waals surface area contributed by atoms with Crippen LogP contribution in [-0.4, -0.2) is 20.8 Å². The van der Waals surface area contributed by atoms with Gasteiger partial charge in [0.05, 0.1) is 18.9 Å². The fourth-order valence-electron chi connectivity index (χ4n) is 1.04. The lowest BCUT2D eigenvalue weighted by Crippen LogP contribution is -2.24. The highest BCUT2D eigenvalue weighted by Crippen LogP contribution is 2.24. The van der Waals surface area contributed by atoms with Crippen molar-refractivity contribution in [2.45, 2.75) is 12.2 Å². The lowest BCUT2D eigenvalue weighted by molar-refractivity contribution is 0.417. The lowest BCUT2D eigenvalue weighted by atomic mass is 10.3. The molecule has 1 rings (SSSR count). The van der Waals surface area contributed by atoms with Gasteiger partial charge < -0.3 is 4.74 Å². The number of nitriles is 1. The van der Waals surface area contributed by atoms with E-state index in [1.807, 2.05) is 0 Å². The predicted molar refractivity (Wildman–Crippen MR) is 60.6 cm³/mol. The van der Waals surface area contributed by atoms with E-state index >= 15 is 0 Å². The number of benzene rings is 1. The van der Waals surface area contributed by atoms with Gasteiger partial charge in [0.2, 0.25) is 10.0 Å². The second-order valence-electron chi connectivity index (χ2n) is 3.12. The second kappa shape index (κ2) is 4.86. The maximum absolute atomic E-state index is 11.6. The van der Waals surface area contributed by atoms with Crippen LogP contribution >= 0.6 is 0 Å². The fraction of sp³-hybridized carbons (Fsp3) is 0.300. The summed E-state index contributed by atoms with van der Waals surface area (Å²) in [6.45, 7) is 1.32. The van der Waals surface area contributed by atoms with Gasteiger partial charge in [0, 0.05) is 0 Å². The number of sulfonamides is 1.